The maximum absolute atomic E-state index is 12.2. The first kappa shape index (κ1) is 17.0. The van der Waals surface area contributed by atoms with Crippen LogP contribution in [-0.2, 0) is 4.79 Å². The fourth-order valence-corrected chi connectivity index (χ4v) is 2.29. The Morgan fingerprint density at radius 1 is 1.06 bits per heavy atom. The van der Waals surface area contributed by atoms with Crippen molar-refractivity contribution in [3.8, 4) is 6.07 Å². The van der Waals surface area contributed by atoms with Crippen LogP contribution >= 0.6 is 0 Å². The molecule has 0 atom stereocenters. The number of carbonyl (C=O) groups is 1. The number of rotatable bonds is 10. The van der Waals surface area contributed by atoms with Crippen LogP contribution in [0.1, 0.15) is 72.1 Å². The van der Waals surface area contributed by atoms with Crippen LogP contribution in [0.4, 0.5) is 0 Å². The molecule has 0 saturated carbocycles. The number of nitrogens with zero attached hydrogens (tertiary/aromatic N) is 1. The Labute approximate surface area is 112 Å². The van der Waals surface area contributed by atoms with Gasteiger partial charge in [-0.2, -0.15) is 5.26 Å². The average Bonchev–Trinajstić information content (AvgIpc) is 2.37. The number of carbonyl (C=O) groups excluding carboxylic acids is 1. The SMILES string of the molecule is CCCCCCNC(=O)C(C#N)(CCC)CCC. The van der Waals surface area contributed by atoms with Gasteiger partial charge in [-0.15, -0.1) is 0 Å². The topological polar surface area (TPSA) is 52.9 Å². The monoisotopic (exact) mass is 252 g/mol. The molecule has 3 heteroatoms. The molecule has 0 fully saturated rings. The molecule has 104 valence electrons. The van der Waals surface area contributed by atoms with E-state index in [-0.39, 0.29) is 5.91 Å². The van der Waals surface area contributed by atoms with Crippen molar-refractivity contribution in [1.82, 2.24) is 5.32 Å². The second-order valence-corrected chi connectivity index (χ2v) is 5.01. The van der Waals surface area contributed by atoms with E-state index in [1.165, 1.54) is 12.8 Å². The first-order valence-corrected chi connectivity index (χ1v) is 7.36. The molecule has 0 saturated heterocycles. The summed E-state index contributed by atoms with van der Waals surface area (Å²) in [5.74, 6) is -0.0646. The van der Waals surface area contributed by atoms with Crippen molar-refractivity contribution < 1.29 is 4.79 Å². The van der Waals surface area contributed by atoms with E-state index in [0.717, 1.165) is 25.7 Å². The predicted molar refractivity (Wildman–Crippen MR) is 75.0 cm³/mol. The molecule has 0 bridgehead atoms. The van der Waals surface area contributed by atoms with E-state index in [4.69, 9.17) is 0 Å². The van der Waals surface area contributed by atoms with Gasteiger partial charge in [-0.05, 0) is 19.3 Å². The summed E-state index contributed by atoms with van der Waals surface area (Å²) in [5, 5.41) is 12.3. The lowest BCUT2D eigenvalue weighted by molar-refractivity contribution is -0.128. The zero-order valence-corrected chi connectivity index (χ0v) is 12.2. The Morgan fingerprint density at radius 2 is 1.67 bits per heavy atom. The molecular formula is C15H28N2O. The van der Waals surface area contributed by atoms with Crippen molar-refractivity contribution in [2.24, 2.45) is 5.41 Å². The van der Waals surface area contributed by atoms with E-state index >= 15 is 0 Å². The summed E-state index contributed by atoms with van der Waals surface area (Å²) in [7, 11) is 0. The fourth-order valence-electron chi connectivity index (χ4n) is 2.29. The third-order valence-corrected chi connectivity index (χ3v) is 3.32. The molecule has 1 amide bonds. The minimum atomic E-state index is -0.797. The molecule has 1 N–H and O–H groups in total. The minimum absolute atomic E-state index is 0.0646. The summed E-state index contributed by atoms with van der Waals surface area (Å²) in [4.78, 5) is 12.2. The number of hydrogen-bond donors (Lipinski definition) is 1. The van der Waals surface area contributed by atoms with E-state index < -0.39 is 5.41 Å². The number of hydrogen-bond acceptors (Lipinski definition) is 2. The van der Waals surface area contributed by atoms with Gasteiger partial charge < -0.3 is 5.32 Å². The zero-order chi connectivity index (χ0) is 13.9. The van der Waals surface area contributed by atoms with Gasteiger partial charge in [0.05, 0.1) is 6.07 Å². The number of amides is 1. The van der Waals surface area contributed by atoms with Crippen LogP contribution in [0.25, 0.3) is 0 Å². The first-order valence-electron chi connectivity index (χ1n) is 7.36. The van der Waals surface area contributed by atoms with Crippen molar-refractivity contribution >= 4 is 5.91 Å². The van der Waals surface area contributed by atoms with Gasteiger partial charge >= 0.3 is 0 Å². The number of unbranched alkanes of at least 4 members (excludes halogenated alkanes) is 3. The van der Waals surface area contributed by atoms with Gasteiger partial charge in [-0.25, -0.2) is 0 Å². The number of nitrogens with one attached hydrogen (secondary N) is 1. The van der Waals surface area contributed by atoms with E-state index in [2.05, 4.69) is 18.3 Å². The smallest absolute Gasteiger partial charge is 0.240 e. The minimum Gasteiger partial charge on any atom is -0.355 e. The van der Waals surface area contributed by atoms with Crippen molar-refractivity contribution in [3.05, 3.63) is 0 Å². The van der Waals surface area contributed by atoms with Gasteiger partial charge in [0, 0.05) is 6.54 Å². The molecule has 0 unspecified atom stereocenters. The molecule has 0 aromatic heterocycles. The summed E-state index contributed by atoms with van der Waals surface area (Å²) in [6, 6.07) is 2.26. The molecule has 0 aromatic carbocycles. The van der Waals surface area contributed by atoms with Crippen molar-refractivity contribution in [1.29, 1.82) is 5.26 Å². The quantitative estimate of drug-likeness (QED) is 0.601. The first-order chi connectivity index (χ1) is 8.66. The second-order valence-electron chi connectivity index (χ2n) is 5.01. The zero-order valence-electron chi connectivity index (χ0n) is 12.2. The Hall–Kier alpha value is -1.04. The van der Waals surface area contributed by atoms with Crippen LogP contribution in [0.3, 0.4) is 0 Å². The molecule has 0 heterocycles. The third kappa shape index (κ3) is 5.53. The summed E-state index contributed by atoms with van der Waals surface area (Å²) in [5.41, 5.74) is -0.797. The Bertz CT molecular complexity index is 262. The lowest BCUT2D eigenvalue weighted by atomic mass is 9.80. The standard InChI is InChI=1S/C15H28N2O/c1-4-7-8-9-12-17-14(18)15(13-16,10-5-2)11-6-3/h4-12H2,1-3H3,(H,17,18). The lowest BCUT2D eigenvalue weighted by Crippen LogP contribution is -2.40. The van der Waals surface area contributed by atoms with Crippen LogP contribution in [0.5, 0.6) is 0 Å². The highest BCUT2D eigenvalue weighted by Crippen LogP contribution is 2.29. The maximum Gasteiger partial charge on any atom is 0.240 e. The van der Waals surface area contributed by atoms with Gasteiger partial charge in [0.15, 0.2) is 0 Å². The second kappa shape index (κ2) is 9.94. The normalized spacial score (nSPS) is 11.0. The van der Waals surface area contributed by atoms with Crippen LogP contribution in [-0.4, -0.2) is 12.5 Å². The molecule has 0 aliphatic carbocycles. The van der Waals surface area contributed by atoms with Gasteiger partial charge in [-0.1, -0.05) is 52.9 Å². The largest absolute Gasteiger partial charge is 0.355 e. The van der Waals surface area contributed by atoms with Gasteiger partial charge in [-0.3, -0.25) is 4.79 Å². The summed E-state index contributed by atoms with van der Waals surface area (Å²) < 4.78 is 0. The van der Waals surface area contributed by atoms with E-state index in [0.29, 0.717) is 19.4 Å². The van der Waals surface area contributed by atoms with Crippen molar-refractivity contribution in [2.45, 2.75) is 72.1 Å². The lowest BCUT2D eigenvalue weighted by Gasteiger charge is -2.24. The summed E-state index contributed by atoms with van der Waals surface area (Å²) in [6.07, 6.45) is 7.64. The highest BCUT2D eigenvalue weighted by molar-refractivity contribution is 5.85. The van der Waals surface area contributed by atoms with Crippen LogP contribution in [0.15, 0.2) is 0 Å². The average molecular weight is 252 g/mol. The van der Waals surface area contributed by atoms with Crippen molar-refractivity contribution in [3.63, 3.8) is 0 Å². The number of nitriles is 1. The highest BCUT2D eigenvalue weighted by Gasteiger charge is 2.36. The van der Waals surface area contributed by atoms with E-state index in [9.17, 15) is 10.1 Å². The summed E-state index contributed by atoms with van der Waals surface area (Å²) in [6.45, 7) is 6.92. The van der Waals surface area contributed by atoms with E-state index in [1.54, 1.807) is 0 Å². The molecule has 3 nitrogen and oxygen atoms in total. The molecular weight excluding hydrogens is 224 g/mol. The van der Waals surface area contributed by atoms with E-state index in [1.807, 2.05) is 13.8 Å². The molecule has 0 rings (SSSR count). The van der Waals surface area contributed by atoms with Crippen LogP contribution in [0.2, 0.25) is 0 Å². The van der Waals surface area contributed by atoms with Gasteiger partial charge in [0.25, 0.3) is 0 Å². The Morgan fingerprint density at radius 3 is 2.11 bits per heavy atom. The van der Waals surface area contributed by atoms with Crippen LogP contribution < -0.4 is 5.32 Å². The van der Waals surface area contributed by atoms with Crippen molar-refractivity contribution in [2.75, 3.05) is 6.54 Å². The molecule has 0 aromatic rings. The third-order valence-electron chi connectivity index (χ3n) is 3.32. The summed E-state index contributed by atoms with van der Waals surface area (Å²) >= 11 is 0. The van der Waals surface area contributed by atoms with Crippen LogP contribution in [0, 0.1) is 16.7 Å². The van der Waals surface area contributed by atoms with Gasteiger partial charge in [0.2, 0.25) is 5.91 Å². The van der Waals surface area contributed by atoms with Gasteiger partial charge in [0.1, 0.15) is 5.41 Å². The molecule has 0 radical (unpaired) electrons. The molecule has 0 aliphatic heterocycles. The molecule has 0 spiro atoms. The highest BCUT2D eigenvalue weighted by atomic mass is 16.2. The Kier molecular flexibility index (Phi) is 9.36. The molecule has 18 heavy (non-hydrogen) atoms. The predicted octanol–water partition coefficient (Wildman–Crippen LogP) is 3.79. The maximum atomic E-state index is 12.2. The fraction of sp³-hybridized carbons (Fsp3) is 0.867. The Balaban J connectivity index is 4.26. The molecule has 0 aliphatic rings.